The molecule has 0 heterocycles. The van der Waals surface area contributed by atoms with Crippen molar-refractivity contribution in [3.8, 4) is 0 Å². The Morgan fingerprint density at radius 1 is 1.50 bits per heavy atom. The fourth-order valence-electron chi connectivity index (χ4n) is 3.82. The predicted octanol–water partition coefficient (Wildman–Crippen LogP) is 2.76. The van der Waals surface area contributed by atoms with E-state index in [4.69, 9.17) is 5.11 Å². The largest absolute Gasteiger partial charge is 0.478 e. The molecule has 0 bridgehead atoms. The number of carboxylic acid groups (broad SMARTS) is 1. The Bertz CT molecular complexity index is 399. The summed E-state index contributed by atoms with van der Waals surface area (Å²) in [5, 5.41) is 18.9. The monoisotopic (exact) mass is 250 g/mol. The van der Waals surface area contributed by atoms with E-state index in [2.05, 4.69) is 20.1 Å². The first-order valence-corrected chi connectivity index (χ1v) is 6.61. The van der Waals surface area contributed by atoms with Crippen LogP contribution in [0, 0.1) is 17.3 Å². The lowest BCUT2D eigenvalue weighted by Gasteiger charge is -2.50. The minimum Gasteiger partial charge on any atom is -0.478 e. The van der Waals surface area contributed by atoms with Crippen LogP contribution in [0.15, 0.2) is 24.3 Å². The molecule has 2 aliphatic rings. The third-order valence-electron chi connectivity index (χ3n) is 4.89. The number of aliphatic carboxylic acids is 1. The lowest BCUT2D eigenvalue weighted by molar-refractivity contribution is -0.133. The van der Waals surface area contributed by atoms with Gasteiger partial charge in [-0.05, 0) is 49.4 Å². The summed E-state index contributed by atoms with van der Waals surface area (Å²) in [7, 11) is 0. The Labute approximate surface area is 108 Å². The quantitative estimate of drug-likeness (QED) is 0.585. The highest BCUT2D eigenvalue weighted by Gasteiger charge is 2.46. The second-order valence-electron chi connectivity index (χ2n) is 6.23. The zero-order valence-corrected chi connectivity index (χ0v) is 11.0. The number of aliphatic hydroxyl groups excluding tert-OH is 1. The molecule has 2 fully saturated rings. The van der Waals surface area contributed by atoms with E-state index >= 15 is 0 Å². The Morgan fingerprint density at radius 3 is 2.78 bits per heavy atom. The molecule has 2 N–H and O–H groups in total. The third-order valence-corrected chi connectivity index (χ3v) is 4.89. The summed E-state index contributed by atoms with van der Waals surface area (Å²) >= 11 is 0. The van der Waals surface area contributed by atoms with Crippen LogP contribution in [0.25, 0.3) is 0 Å². The van der Waals surface area contributed by atoms with Crippen molar-refractivity contribution in [2.75, 3.05) is 0 Å². The smallest absolute Gasteiger partial charge is 0.331 e. The van der Waals surface area contributed by atoms with Crippen LogP contribution in [0.5, 0.6) is 0 Å². The van der Waals surface area contributed by atoms with Gasteiger partial charge in [0.05, 0.1) is 6.10 Å². The molecule has 0 spiro atoms. The average Bonchev–Trinajstić information content (AvgIpc) is 2.26. The van der Waals surface area contributed by atoms with Gasteiger partial charge in [-0.2, -0.15) is 0 Å². The second-order valence-corrected chi connectivity index (χ2v) is 6.23. The number of carboxylic acids is 1. The second kappa shape index (κ2) is 4.54. The van der Waals surface area contributed by atoms with E-state index in [-0.39, 0.29) is 17.4 Å². The van der Waals surface area contributed by atoms with Crippen molar-refractivity contribution in [2.24, 2.45) is 17.3 Å². The zero-order chi connectivity index (χ0) is 13.5. The van der Waals surface area contributed by atoms with Crippen LogP contribution in [0.3, 0.4) is 0 Å². The predicted molar refractivity (Wildman–Crippen MR) is 70.1 cm³/mol. The van der Waals surface area contributed by atoms with Crippen LogP contribution < -0.4 is 0 Å². The summed E-state index contributed by atoms with van der Waals surface area (Å²) < 4.78 is 0. The number of rotatable bonds is 2. The molecule has 3 nitrogen and oxygen atoms in total. The van der Waals surface area contributed by atoms with Gasteiger partial charge in [-0.1, -0.05) is 25.7 Å². The van der Waals surface area contributed by atoms with Crippen molar-refractivity contribution in [3.63, 3.8) is 0 Å². The van der Waals surface area contributed by atoms with Crippen LogP contribution in [0.2, 0.25) is 0 Å². The van der Waals surface area contributed by atoms with Gasteiger partial charge in [0.2, 0.25) is 0 Å². The molecule has 0 saturated heterocycles. The molecule has 0 radical (unpaired) electrons. The highest BCUT2D eigenvalue weighted by atomic mass is 16.4. The maximum atomic E-state index is 11.0. The number of hydrogen-bond acceptors (Lipinski definition) is 2. The van der Waals surface area contributed by atoms with Gasteiger partial charge in [0.1, 0.15) is 0 Å². The average molecular weight is 250 g/mol. The minimum absolute atomic E-state index is 0.0626. The summed E-state index contributed by atoms with van der Waals surface area (Å²) in [6, 6.07) is 0. The van der Waals surface area contributed by atoms with Crippen LogP contribution in [0.4, 0.5) is 0 Å². The molecule has 2 aliphatic carbocycles. The maximum absolute atomic E-state index is 11.0. The van der Waals surface area contributed by atoms with E-state index in [1.807, 2.05) is 0 Å². The van der Waals surface area contributed by atoms with E-state index in [0.717, 1.165) is 31.3 Å². The number of aliphatic hydroxyl groups is 1. The van der Waals surface area contributed by atoms with Crippen molar-refractivity contribution in [3.05, 3.63) is 24.3 Å². The van der Waals surface area contributed by atoms with Crippen molar-refractivity contribution in [2.45, 2.75) is 45.1 Å². The summed E-state index contributed by atoms with van der Waals surface area (Å²) in [6.45, 7) is 9.99. The van der Waals surface area contributed by atoms with Gasteiger partial charge < -0.3 is 10.2 Å². The Kier molecular flexibility index (Phi) is 3.37. The van der Waals surface area contributed by atoms with Gasteiger partial charge in [-0.15, -0.1) is 0 Å². The third kappa shape index (κ3) is 2.24. The highest BCUT2D eigenvalue weighted by molar-refractivity contribution is 5.86. The fraction of sp³-hybridized carbons (Fsp3) is 0.667. The van der Waals surface area contributed by atoms with E-state index in [1.165, 1.54) is 0 Å². The molecule has 2 rings (SSSR count). The van der Waals surface area contributed by atoms with Gasteiger partial charge in [-0.25, -0.2) is 4.79 Å². The van der Waals surface area contributed by atoms with Crippen LogP contribution in [0.1, 0.15) is 39.0 Å². The summed E-state index contributed by atoms with van der Waals surface area (Å²) in [5.74, 6) is -0.492. The normalized spacial score (nSPS) is 40.1. The molecular weight excluding hydrogens is 228 g/mol. The van der Waals surface area contributed by atoms with E-state index in [0.29, 0.717) is 17.9 Å². The van der Waals surface area contributed by atoms with Gasteiger partial charge in [-0.3, -0.25) is 0 Å². The lowest BCUT2D eigenvalue weighted by atomic mass is 9.55. The zero-order valence-electron chi connectivity index (χ0n) is 11.0. The maximum Gasteiger partial charge on any atom is 0.331 e. The molecule has 0 aromatic carbocycles. The molecule has 2 saturated carbocycles. The van der Waals surface area contributed by atoms with Crippen molar-refractivity contribution >= 4 is 5.97 Å². The first-order chi connectivity index (χ1) is 8.33. The molecular formula is C15H22O3. The van der Waals surface area contributed by atoms with Crippen molar-refractivity contribution in [1.29, 1.82) is 0 Å². The molecule has 100 valence electrons. The molecule has 0 aromatic rings. The van der Waals surface area contributed by atoms with Gasteiger partial charge in [0.25, 0.3) is 0 Å². The fourth-order valence-corrected chi connectivity index (χ4v) is 3.82. The summed E-state index contributed by atoms with van der Waals surface area (Å²) in [6.07, 6.45) is 3.82. The van der Waals surface area contributed by atoms with Crippen LogP contribution in [-0.4, -0.2) is 22.3 Å². The topological polar surface area (TPSA) is 57.5 Å². The van der Waals surface area contributed by atoms with E-state index in [9.17, 15) is 9.90 Å². The van der Waals surface area contributed by atoms with Crippen molar-refractivity contribution in [1.82, 2.24) is 0 Å². The Hall–Kier alpha value is -1.09. The first-order valence-electron chi connectivity index (χ1n) is 6.61. The molecule has 0 unspecified atom stereocenters. The Morgan fingerprint density at radius 2 is 2.17 bits per heavy atom. The molecule has 3 heteroatoms. The minimum atomic E-state index is -0.884. The van der Waals surface area contributed by atoms with E-state index < -0.39 is 5.97 Å². The van der Waals surface area contributed by atoms with Gasteiger partial charge in [0, 0.05) is 5.57 Å². The van der Waals surface area contributed by atoms with Crippen LogP contribution in [-0.2, 0) is 4.79 Å². The van der Waals surface area contributed by atoms with E-state index in [1.54, 1.807) is 0 Å². The molecule has 4 atom stereocenters. The van der Waals surface area contributed by atoms with Crippen molar-refractivity contribution < 1.29 is 15.0 Å². The molecule has 18 heavy (non-hydrogen) atoms. The summed E-state index contributed by atoms with van der Waals surface area (Å²) in [4.78, 5) is 11.0. The van der Waals surface area contributed by atoms with Gasteiger partial charge in [0.15, 0.2) is 0 Å². The SMILES string of the molecule is C=C(C(=O)O)[C@@H]1CC[C@]2(C)C[C@@H](O)CC(=C)[C@H]2C1. The Balaban J connectivity index is 2.16. The summed E-state index contributed by atoms with van der Waals surface area (Å²) in [5.41, 5.74) is 1.50. The molecule has 0 aromatic heterocycles. The number of carbonyl (C=O) groups is 1. The standard InChI is InChI=1S/C15H22O3/c1-9-6-12(16)8-15(3)5-4-11(7-13(9)15)10(2)14(17)18/h11-13,16H,1-2,4-8H2,3H3,(H,17,18)/t11-,12+,13-,15-/m1/s1. The van der Waals surface area contributed by atoms with Crippen LogP contribution >= 0.6 is 0 Å². The lowest BCUT2D eigenvalue weighted by Crippen LogP contribution is -2.43. The highest BCUT2D eigenvalue weighted by Crippen LogP contribution is 2.54. The number of fused-ring (bicyclic) bond motifs is 1. The van der Waals surface area contributed by atoms with Gasteiger partial charge >= 0.3 is 5.97 Å². The number of hydrogen-bond donors (Lipinski definition) is 2. The molecule has 0 aliphatic heterocycles. The molecule has 0 amide bonds. The first kappa shape index (κ1) is 13.3.